The van der Waals surface area contributed by atoms with Crippen LogP contribution < -0.4 is 20.5 Å². The summed E-state index contributed by atoms with van der Waals surface area (Å²) in [5, 5.41) is 3.10. The highest BCUT2D eigenvalue weighted by atomic mass is 16.5. The number of rotatable bonds is 7. The van der Waals surface area contributed by atoms with Crippen LogP contribution in [0.15, 0.2) is 18.2 Å². The van der Waals surface area contributed by atoms with Crippen LogP contribution >= 0.6 is 0 Å². The highest BCUT2D eigenvalue weighted by Gasteiger charge is 2.41. The lowest BCUT2D eigenvalue weighted by molar-refractivity contribution is 0.0897. The zero-order chi connectivity index (χ0) is 17.2. The van der Waals surface area contributed by atoms with Crippen LogP contribution in [0.5, 0.6) is 11.5 Å². The monoisotopic (exact) mass is 332 g/mol. The molecule has 1 atom stereocenters. The molecule has 132 valence electrons. The van der Waals surface area contributed by atoms with Crippen molar-refractivity contribution in [2.45, 2.75) is 57.1 Å². The highest BCUT2D eigenvalue weighted by molar-refractivity contribution is 5.95. The molecule has 2 aliphatic carbocycles. The van der Waals surface area contributed by atoms with Crippen molar-refractivity contribution in [3.63, 3.8) is 0 Å². The first-order valence-corrected chi connectivity index (χ1v) is 8.93. The van der Waals surface area contributed by atoms with E-state index in [-0.39, 0.29) is 17.6 Å². The summed E-state index contributed by atoms with van der Waals surface area (Å²) in [7, 11) is 1.60. The van der Waals surface area contributed by atoms with E-state index in [1.165, 1.54) is 12.8 Å². The number of hydrogen-bond acceptors (Lipinski definition) is 4. The van der Waals surface area contributed by atoms with Gasteiger partial charge >= 0.3 is 0 Å². The van der Waals surface area contributed by atoms with E-state index in [0.29, 0.717) is 29.5 Å². The molecule has 0 aliphatic heterocycles. The predicted molar refractivity (Wildman–Crippen MR) is 93.5 cm³/mol. The van der Waals surface area contributed by atoms with Crippen molar-refractivity contribution in [1.82, 2.24) is 5.32 Å². The first-order chi connectivity index (χ1) is 11.6. The van der Waals surface area contributed by atoms with E-state index in [2.05, 4.69) is 5.32 Å². The summed E-state index contributed by atoms with van der Waals surface area (Å²) in [6.07, 6.45) is 7.12. The molecule has 2 fully saturated rings. The number of ether oxygens (including phenoxy) is 2. The topological polar surface area (TPSA) is 73.6 Å². The normalized spacial score (nSPS) is 20.5. The van der Waals surface area contributed by atoms with Crippen LogP contribution in [-0.4, -0.2) is 31.2 Å². The molecule has 24 heavy (non-hydrogen) atoms. The number of nitrogens with two attached hydrogens (primary N) is 1. The van der Waals surface area contributed by atoms with E-state index in [1.54, 1.807) is 19.2 Å². The van der Waals surface area contributed by atoms with E-state index < -0.39 is 0 Å². The second kappa shape index (κ2) is 7.01. The van der Waals surface area contributed by atoms with E-state index in [0.717, 1.165) is 25.7 Å². The first kappa shape index (κ1) is 17.1. The van der Waals surface area contributed by atoms with Gasteiger partial charge in [0.1, 0.15) is 0 Å². The molecule has 1 unspecified atom stereocenters. The number of benzene rings is 1. The quantitative estimate of drug-likeness (QED) is 0.805. The fourth-order valence-corrected chi connectivity index (χ4v) is 3.46. The number of carbonyl (C=O) groups is 1. The predicted octanol–water partition coefficient (Wildman–Crippen LogP) is 2.87. The average Bonchev–Trinajstić information content (AvgIpc) is 3.34. The third-order valence-corrected chi connectivity index (χ3v) is 5.32. The fraction of sp³-hybridized carbons (Fsp3) is 0.632. The number of carbonyl (C=O) groups excluding carboxylic acids is 1. The maximum atomic E-state index is 12.6. The number of hydrogen-bond donors (Lipinski definition) is 2. The molecule has 3 N–H and O–H groups in total. The summed E-state index contributed by atoms with van der Waals surface area (Å²) in [5.74, 6) is 1.69. The summed E-state index contributed by atoms with van der Waals surface area (Å²) >= 11 is 0. The van der Waals surface area contributed by atoms with Crippen LogP contribution in [0, 0.1) is 5.92 Å². The Morgan fingerprint density at radius 3 is 2.54 bits per heavy atom. The fourth-order valence-electron chi connectivity index (χ4n) is 3.46. The van der Waals surface area contributed by atoms with Gasteiger partial charge < -0.3 is 20.5 Å². The van der Waals surface area contributed by atoms with Gasteiger partial charge in [0.15, 0.2) is 11.5 Å². The minimum absolute atomic E-state index is 0.111. The molecule has 1 amide bonds. The molecule has 0 heterocycles. The van der Waals surface area contributed by atoms with Crippen molar-refractivity contribution in [1.29, 1.82) is 0 Å². The van der Waals surface area contributed by atoms with Crippen LogP contribution in [0.25, 0.3) is 0 Å². The molecule has 2 aliphatic rings. The second-order valence-corrected chi connectivity index (χ2v) is 7.24. The SMILES string of the molecule is COc1cc(C(=O)NC(C)(CN)C2CC2)ccc1OC1CCCC1. The smallest absolute Gasteiger partial charge is 0.251 e. The molecule has 0 saturated heterocycles. The molecule has 1 aromatic rings. The van der Waals surface area contributed by atoms with Crippen molar-refractivity contribution in [2.75, 3.05) is 13.7 Å². The summed E-state index contributed by atoms with van der Waals surface area (Å²) in [4.78, 5) is 12.6. The van der Waals surface area contributed by atoms with Crippen molar-refractivity contribution in [2.24, 2.45) is 11.7 Å². The Labute approximate surface area is 143 Å². The van der Waals surface area contributed by atoms with E-state index in [1.807, 2.05) is 13.0 Å². The van der Waals surface area contributed by atoms with E-state index in [4.69, 9.17) is 15.2 Å². The molecule has 3 rings (SSSR count). The lowest BCUT2D eigenvalue weighted by atomic mass is 9.95. The zero-order valence-corrected chi connectivity index (χ0v) is 14.6. The lowest BCUT2D eigenvalue weighted by Gasteiger charge is -2.29. The van der Waals surface area contributed by atoms with Gasteiger partial charge in [0.2, 0.25) is 0 Å². The maximum Gasteiger partial charge on any atom is 0.251 e. The van der Waals surface area contributed by atoms with Crippen LogP contribution in [0.2, 0.25) is 0 Å². The minimum atomic E-state index is -0.330. The Balaban J connectivity index is 1.72. The Morgan fingerprint density at radius 1 is 1.25 bits per heavy atom. The molecular weight excluding hydrogens is 304 g/mol. The number of nitrogens with one attached hydrogen (secondary N) is 1. The van der Waals surface area contributed by atoms with Gasteiger partial charge in [-0.1, -0.05) is 0 Å². The Morgan fingerprint density at radius 2 is 1.96 bits per heavy atom. The van der Waals surface area contributed by atoms with Gasteiger partial charge in [0.05, 0.1) is 18.8 Å². The Bertz CT molecular complexity index is 594. The minimum Gasteiger partial charge on any atom is -0.493 e. The lowest BCUT2D eigenvalue weighted by Crippen LogP contribution is -2.53. The standard InChI is InChI=1S/C19H28N2O3/c1-19(12-20,14-8-9-14)21-18(22)13-7-10-16(17(11-13)23-2)24-15-5-3-4-6-15/h7,10-11,14-15H,3-6,8-9,12,20H2,1-2H3,(H,21,22). The molecule has 1 aromatic carbocycles. The van der Waals surface area contributed by atoms with Crippen LogP contribution in [0.1, 0.15) is 55.8 Å². The Kier molecular flexibility index (Phi) is 4.99. The number of amides is 1. The van der Waals surface area contributed by atoms with Gasteiger partial charge in [-0.2, -0.15) is 0 Å². The van der Waals surface area contributed by atoms with Crippen LogP contribution in [0.3, 0.4) is 0 Å². The molecule has 2 saturated carbocycles. The molecule has 0 radical (unpaired) electrons. The number of methoxy groups -OCH3 is 1. The van der Waals surface area contributed by atoms with Crippen LogP contribution in [0.4, 0.5) is 0 Å². The maximum absolute atomic E-state index is 12.6. The van der Waals surface area contributed by atoms with Gasteiger partial charge in [-0.3, -0.25) is 4.79 Å². The summed E-state index contributed by atoms with van der Waals surface area (Å²) in [6.45, 7) is 2.47. The van der Waals surface area contributed by atoms with Crippen molar-refractivity contribution < 1.29 is 14.3 Å². The van der Waals surface area contributed by atoms with Crippen molar-refractivity contribution in [3.05, 3.63) is 23.8 Å². The Hall–Kier alpha value is -1.75. The summed E-state index contributed by atoms with van der Waals surface area (Å²) in [5.41, 5.74) is 6.13. The molecule has 5 heteroatoms. The van der Waals surface area contributed by atoms with Gasteiger partial charge in [-0.25, -0.2) is 0 Å². The molecule has 0 spiro atoms. The largest absolute Gasteiger partial charge is 0.493 e. The summed E-state index contributed by atoms with van der Waals surface area (Å²) in [6, 6.07) is 5.39. The third-order valence-electron chi connectivity index (χ3n) is 5.32. The average molecular weight is 332 g/mol. The highest BCUT2D eigenvalue weighted by Crippen LogP contribution is 2.39. The van der Waals surface area contributed by atoms with Gasteiger partial charge in [0.25, 0.3) is 5.91 Å². The third kappa shape index (κ3) is 3.66. The van der Waals surface area contributed by atoms with E-state index >= 15 is 0 Å². The first-order valence-electron chi connectivity index (χ1n) is 8.93. The van der Waals surface area contributed by atoms with Crippen LogP contribution in [-0.2, 0) is 0 Å². The van der Waals surface area contributed by atoms with Gasteiger partial charge in [-0.05, 0) is 69.6 Å². The molecule has 0 aromatic heterocycles. The van der Waals surface area contributed by atoms with E-state index in [9.17, 15) is 4.79 Å². The molecular formula is C19H28N2O3. The van der Waals surface area contributed by atoms with Crippen molar-refractivity contribution >= 4 is 5.91 Å². The molecule has 5 nitrogen and oxygen atoms in total. The van der Waals surface area contributed by atoms with Crippen molar-refractivity contribution in [3.8, 4) is 11.5 Å². The second-order valence-electron chi connectivity index (χ2n) is 7.24. The molecule has 0 bridgehead atoms. The summed E-state index contributed by atoms with van der Waals surface area (Å²) < 4.78 is 11.5. The zero-order valence-electron chi connectivity index (χ0n) is 14.6. The van der Waals surface area contributed by atoms with Gasteiger partial charge in [0, 0.05) is 12.1 Å². The van der Waals surface area contributed by atoms with Gasteiger partial charge in [-0.15, -0.1) is 0 Å².